The average molecular weight is 640 g/mol. The number of hydrogen-bond acceptors (Lipinski definition) is 0. The largest absolute Gasteiger partial charge is 0.354 e. The fourth-order valence-electron chi connectivity index (χ4n) is 9.04. The highest BCUT2D eigenvalue weighted by atomic mass is 15.0. The van der Waals surface area contributed by atoms with Crippen LogP contribution in [0.25, 0.3) is 88.3 Å². The highest BCUT2D eigenvalue weighted by Gasteiger charge is 2.41. The van der Waals surface area contributed by atoms with Gasteiger partial charge in [0.2, 0.25) is 0 Å². The molecule has 3 nitrogen and oxygen atoms in total. The number of fused-ring (bicyclic) bond motifs is 12. The Morgan fingerprint density at radius 2 is 1.06 bits per heavy atom. The van der Waals surface area contributed by atoms with Crippen molar-refractivity contribution in [3.8, 4) is 33.8 Å². The molecule has 3 aromatic heterocycles. The maximum absolute atomic E-state index is 3.80. The van der Waals surface area contributed by atoms with Crippen molar-refractivity contribution in [3.05, 3.63) is 169 Å². The van der Waals surface area contributed by atoms with E-state index < -0.39 is 0 Å². The molecule has 11 rings (SSSR count). The summed E-state index contributed by atoms with van der Waals surface area (Å²) < 4.78 is 4.88. The zero-order chi connectivity index (χ0) is 33.1. The smallest absolute Gasteiger partial charge is 0.0585 e. The van der Waals surface area contributed by atoms with Crippen LogP contribution in [0.15, 0.2) is 158 Å². The van der Waals surface area contributed by atoms with Crippen LogP contribution in [0, 0.1) is 0 Å². The first-order chi connectivity index (χ1) is 24.6. The quantitative estimate of drug-likeness (QED) is 0.199. The molecule has 0 spiro atoms. The first-order valence-electron chi connectivity index (χ1n) is 17.5. The Labute approximate surface area is 289 Å². The fraction of sp³-hybridized carbons (Fsp3) is 0.0638. The lowest BCUT2D eigenvalue weighted by molar-refractivity contribution is 0.666. The van der Waals surface area contributed by atoms with Crippen molar-refractivity contribution in [2.24, 2.45) is 0 Å². The summed E-state index contributed by atoms with van der Waals surface area (Å²) in [6, 6.07) is 57.8. The van der Waals surface area contributed by atoms with E-state index in [4.69, 9.17) is 0 Å². The van der Waals surface area contributed by atoms with E-state index in [1.54, 1.807) is 0 Å². The van der Waals surface area contributed by atoms with Crippen LogP contribution in [0.4, 0.5) is 0 Å². The number of para-hydroxylation sites is 3. The van der Waals surface area contributed by atoms with Crippen LogP contribution in [-0.2, 0) is 5.41 Å². The minimum absolute atomic E-state index is 0.155. The highest BCUT2D eigenvalue weighted by molar-refractivity contribution is 6.24. The fourth-order valence-corrected chi connectivity index (χ4v) is 9.04. The minimum Gasteiger partial charge on any atom is -0.354 e. The van der Waals surface area contributed by atoms with Gasteiger partial charge in [-0.05, 0) is 89.0 Å². The molecule has 0 radical (unpaired) electrons. The van der Waals surface area contributed by atoms with Gasteiger partial charge in [0, 0.05) is 60.3 Å². The summed E-state index contributed by atoms with van der Waals surface area (Å²) in [5, 5.41) is 6.43. The van der Waals surface area contributed by atoms with Crippen LogP contribution in [0.5, 0.6) is 0 Å². The van der Waals surface area contributed by atoms with Gasteiger partial charge in [0.25, 0.3) is 0 Å². The summed E-state index contributed by atoms with van der Waals surface area (Å²) in [4.78, 5) is 3.80. The van der Waals surface area contributed by atoms with E-state index in [-0.39, 0.29) is 5.41 Å². The molecule has 10 aromatic rings. The van der Waals surface area contributed by atoms with Gasteiger partial charge in [-0.25, -0.2) is 0 Å². The van der Waals surface area contributed by atoms with Gasteiger partial charge >= 0.3 is 0 Å². The van der Waals surface area contributed by atoms with E-state index in [1.165, 1.54) is 93.9 Å². The van der Waals surface area contributed by atoms with Crippen LogP contribution in [-0.4, -0.2) is 14.1 Å². The molecule has 0 aliphatic heterocycles. The van der Waals surface area contributed by atoms with E-state index >= 15 is 0 Å². The van der Waals surface area contributed by atoms with E-state index in [1.807, 2.05) is 0 Å². The van der Waals surface area contributed by atoms with Crippen molar-refractivity contribution >= 4 is 54.5 Å². The molecule has 0 atom stereocenters. The second-order valence-electron chi connectivity index (χ2n) is 14.3. The molecule has 1 N–H and O–H groups in total. The van der Waals surface area contributed by atoms with E-state index in [9.17, 15) is 0 Å². The second kappa shape index (κ2) is 9.87. The molecule has 1 aliphatic rings. The van der Waals surface area contributed by atoms with Crippen LogP contribution in [0.2, 0.25) is 0 Å². The molecule has 3 heterocycles. The average Bonchev–Trinajstić information content (AvgIpc) is 3.87. The number of H-pyrrole nitrogens is 1. The Morgan fingerprint density at radius 3 is 1.86 bits per heavy atom. The molecule has 0 saturated carbocycles. The van der Waals surface area contributed by atoms with Gasteiger partial charge in [0.1, 0.15) is 0 Å². The molecule has 1 aliphatic carbocycles. The Hall–Kier alpha value is -6.32. The first-order valence-corrected chi connectivity index (χ1v) is 17.5. The van der Waals surface area contributed by atoms with Crippen molar-refractivity contribution < 1.29 is 0 Å². The van der Waals surface area contributed by atoms with Crippen molar-refractivity contribution in [1.82, 2.24) is 14.1 Å². The monoisotopic (exact) mass is 639 g/mol. The number of aromatic nitrogens is 3. The number of aromatic amines is 1. The van der Waals surface area contributed by atoms with Crippen LogP contribution >= 0.6 is 0 Å². The second-order valence-corrected chi connectivity index (χ2v) is 14.3. The van der Waals surface area contributed by atoms with E-state index in [0.717, 1.165) is 5.52 Å². The Bertz CT molecular complexity index is 2990. The SMILES string of the molecule is CC1(C)c2ccccc2-c2c1c1c3c(ccc1n2-c1ccccc1)[nH]c1ccc(-c2ccc4c(c2)c2ccccc2n4-c2ccccc2)cc13. The van der Waals surface area contributed by atoms with Crippen molar-refractivity contribution in [2.75, 3.05) is 0 Å². The highest BCUT2D eigenvalue weighted by Crippen LogP contribution is 2.55. The summed E-state index contributed by atoms with van der Waals surface area (Å²) in [6.07, 6.45) is 0. The molecule has 0 amide bonds. The number of nitrogens with zero attached hydrogens (tertiary/aromatic N) is 2. The minimum atomic E-state index is -0.155. The molecule has 236 valence electrons. The molecule has 3 heteroatoms. The molecular weight excluding hydrogens is 607 g/mol. The Morgan fingerprint density at radius 1 is 0.460 bits per heavy atom. The third kappa shape index (κ3) is 3.59. The zero-order valence-electron chi connectivity index (χ0n) is 27.9. The number of nitrogens with one attached hydrogen (secondary N) is 1. The topological polar surface area (TPSA) is 25.6 Å². The summed E-state index contributed by atoms with van der Waals surface area (Å²) >= 11 is 0. The number of benzene rings is 7. The zero-order valence-corrected chi connectivity index (χ0v) is 27.9. The third-order valence-corrected chi connectivity index (χ3v) is 11.2. The van der Waals surface area contributed by atoms with E-state index in [2.05, 4.69) is 186 Å². The lowest BCUT2D eigenvalue weighted by Gasteiger charge is -2.21. The molecule has 0 saturated heterocycles. The molecular formula is C47H33N3. The predicted octanol–water partition coefficient (Wildman–Crippen LogP) is 12.3. The summed E-state index contributed by atoms with van der Waals surface area (Å²) in [7, 11) is 0. The summed E-state index contributed by atoms with van der Waals surface area (Å²) in [5.41, 5.74) is 16.1. The molecule has 50 heavy (non-hydrogen) atoms. The molecule has 7 aromatic carbocycles. The summed E-state index contributed by atoms with van der Waals surface area (Å²) in [6.45, 7) is 4.79. The maximum atomic E-state index is 3.80. The van der Waals surface area contributed by atoms with Crippen LogP contribution in [0.3, 0.4) is 0 Å². The van der Waals surface area contributed by atoms with Gasteiger partial charge in [0.15, 0.2) is 0 Å². The standard InChI is InChI=1S/C47H33N3/c1-47(2)37-19-11-9-18-34(37)46-45(47)44-42(50(46)32-15-7-4-8-16-32)26-24-39-43(44)36-28-29(21-23-38(36)48-39)30-22-25-41-35(27-30)33-17-10-12-20-40(33)49(41)31-13-5-3-6-14-31/h3-28,48H,1-2H3. The molecule has 0 fully saturated rings. The van der Waals surface area contributed by atoms with Crippen molar-refractivity contribution in [2.45, 2.75) is 19.3 Å². The molecule has 0 unspecified atom stereocenters. The number of hydrogen-bond donors (Lipinski definition) is 1. The lowest BCUT2D eigenvalue weighted by atomic mass is 9.81. The summed E-state index contributed by atoms with van der Waals surface area (Å²) in [5.74, 6) is 0. The van der Waals surface area contributed by atoms with Gasteiger partial charge in [-0.15, -0.1) is 0 Å². The Balaban J connectivity index is 1.19. The van der Waals surface area contributed by atoms with Gasteiger partial charge in [-0.2, -0.15) is 0 Å². The Kier molecular flexibility index (Phi) is 5.45. The normalized spacial score (nSPS) is 13.6. The third-order valence-electron chi connectivity index (χ3n) is 11.2. The van der Waals surface area contributed by atoms with Crippen LogP contribution in [0.1, 0.15) is 25.0 Å². The van der Waals surface area contributed by atoms with Gasteiger partial charge in [0.05, 0.1) is 22.2 Å². The molecule has 0 bridgehead atoms. The number of rotatable bonds is 3. The predicted molar refractivity (Wildman–Crippen MR) is 210 cm³/mol. The lowest BCUT2D eigenvalue weighted by Crippen LogP contribution is -2.14. The maximum Gasteiger partial charge on any atom is 0.0585 e. The van der Waals surface area contributed by atoms with Gasteiger partial charge in [-0.3, -0.25) is 0 Å². The first kappa shape index (κ1) is 27.6. The van der Waals surface area contributed by atoms with Gasteiger partial charge < -0.3 is 14.1 Å². The van der Waals surface area contributed by atoms with Gasteiger partial charge in [-0.1, -0.05) is 105 Å². The van der Waals surface area contributed by atoms with Crippen molar-refractivity contribution in [3.63, 3.8) is 0 Å². The van der Waals surface area contributed by atoms with Crippen LogP contribution < -0.4 is 0 Å². The van der Waals surface area contributed by atoms with Crippen molar-refractivity contribution in [1.29, 1.82) is 0 Å². The van der Waals surface area contributed by atoms with E-state index in [0.29, 0.717) is 0 Å².